The first-order valence-corrected chi connectivity index (χ1v) is 7.02. The Morgan fingerprint density at radius 2 is 2.31 bits per heavy atom. The van der Waals surface area contributed by atoms with Crippen molar-refractivity contribution in [3.05, 3.63) is 16.1 Å². The molecule has 0 bridgehead atoms. The van der Waals surface area contributed by atoms with Crippen molar-refractivity contribution in [2.24, 2.45) is 5.41 Å². The lowest BCUT2D eigenvalue weighted by Gasteiger charge is -2.20. The summed E-state index contributed by atoms with van der Waals surface area (Å²) in [6, 6.07) is 1.08. The Hall–Kier alpha value is -0.410. The van der Waals surface area contributed by atoms with Gasteiger partial charge in [-0.25, -0.2) is 4.98 Å². The Bertz CT molecular complexity index is 357. The smallest absolute Gasteiger partial charge is 0.110 e. The van der Waals surface area contributed by atoms with Gasteiger partial charge in [0.2, 0.25) is 0 Å². The van der Waals surface area contributed by atoms with Crippen molar-refractivity contribution in [2.45, 2.75) is 59.0 Å². The van der Waals surface area contributed by atoms with E-state index in [1.54, 1.807) is 11.3 Å². The van der Waals surface area contributed by atoms with Crippen molar-refractivity contribution in [1.82, 2.24) is 10.3 Å². The van der Waals surface area contributed by atoms with Gasteiger partial charge in [-0.3, -0.25) is 0 Å². The van der Waals surface area contributed by atoms with Crippen LogP contribution in [0.4, 0.5) is 0 Å². The third kappa shape index (κ3) is 2.83. The Balaban J connectivity index is 1.91. The Labute approximate surface area is 102 Å². The van der Waals surface area contributed by atoms with E-state index < -0.39 is 0 Å². The molecule has 0 amide bonds. The number of aromatic nitrogens is 1. The highest BCUT2D eigenvalue weighted by Gasteiger charge is 2.31. The molecule has 1 aliphatic carbocycles. The Morgan fingerprint density at radius 1 is 1.56 bits per heavy atom. The van der Waals surface area contributed by atoms with Crippen LogP contribution in [0.5, 0.6) is 0 Å². The third-order valence-electron chi connectivity index (χ3n) is 3.46. The van der Waals surface area contributed by atoms with Crippen LogP contribution in [-0.2, 0) is 0 Å². The van der Waals surface area contributed by atoms with Crippen LogP contribution in [0.3, 0.4) is 0 Å². The standard InChI is InChI=1S/C13H22N2S/c1-9-8-16-12(14-9)10(2)15-11-5-6-13(3,4)7-11/h8,10-11,15H,5-7H2,1-4H3. The van der Waals surface area contributed by atoms with E-state index in [-0.39, 0.29) is 0 Å². The fourth-order valence-corrected chi connectivity index (χ4v) is 3.39. The highest BCUT2D eigenvalue weighted by atomic mass is 32.1. The lowest BCUT2D eigenvalue weighted by Crippen LogP contribution is -2.30. The molecule has 1 aromatic rings. The maximum absolute atomic E-state index is 4.55. The van der Waals surface area contributed by atoms with E-state index in [0.29, 0.717) is 17.5 Å². The molecule has 1 fully saturated rings. The first-order chi connectivity index (χ1) is 7.46. The summed E-state index contributed by atoms with van der Waals surface area (Å²) in [5.41, 5.74) is 1.66. The predicted octanol–water partition coefficient (Wildman–Crippen LogP) is 3.68. The fraction of sp³-hybridized carbons (Fsp3) is 0.769. The quantitative estimate of drug-likeness (QED) is 0.869. The minimum absolute atomic E-state index is 0.401. The molecule has 2 nitrogen and oxygen atoms in total. The predicted molar refractivity (Wildman–Crippen MR) is 69.8 cm³/mol. The summed E-state index contributed by atoms with van der Waals surface area (Å²) in [6.07, 6.45) is 3.94. The van der Waals surface area contributed by atoms with E-state index >= 15 is 0 Å². The van der Waals surface area contributed by atoms with Crippen LogP contribution in [0.15, 0.2) is 5.38 Å². The zero-order valence-corrected chi connectivity index (χ0v) is 11.5. The van der Waals surface area contributed by atoms with E-state index in [0.717, 1.165) is 5.69 Å². The van der Waals surface area contributed by atoms with Gasteiger partial charge in [0.25, 0.3) is 0 Å². The molecule has 16 heavy (non-hydrogen) atoms. The molecule has 0 radical (unpaired) electrons. The Kier molecular flexibility index (Phi) is 3.36. The number of rotatable bonds is 3. The zero-order valence-electron chi connectivity index (χ0n) is 10.7. The monoisotopic (exact) mass is 238 g/mol. The summed E-state index contributed by atoms with van der Waals surface area (Å²) in [5, 5.41) is 7.07. The van der Waals surface area contributed by atoms with Gasteiger partial charge >= 0.3 is 0 Å². The van der Waals surface area contributed by atoms with Crippen LogP contribution in [0.25, 0.3) is 0 Å². The summed E-state index contributed by atoms with van der Waals surface area (Å²) in [7, 11) is 0. The summed E-state index contributed by atoms with van der Waals surface area (Å²) in [4.78, 5) is 4.55. The largest absolute Gasteiger partial charge is 0.305 e. The average molecular weight is 238 g/mol. The molecule has 3 heteroatoms. The minimum Gasteiger partial charge on any atom is -0.305 e. The Morgan fingerprint density at radius 3 is 2.81 bits per heavy atom. The van der Waals surface area contributed by atoms with Crippen LogP contribution in [-0.4, -0.2) is 11.0 Å². The van der Waals surface area contributed by atoms with Crippen molar-refractivity contribution in [2.75, 3.05) is 0 Å². The molecule has 1 heterocycles. The fourth-order valence-electron chi connectivity index (χ4n) is 2.57. The summed E-state index contributed by atoms with van der Waals surface area (Å²) >= 11 is 1.77. The van der Waals surface area contributed by atoms with Crippen molar-refractivity contribution in [1.29, 1.82) is 0 Å². The summed E-state index contributed by atoms with van der Waals surface area (Å²) < 4.78 is 0. The van der Waals surface area contributed by atoms with E-state index in [2.05, 4.69) is 43.4 Å². The van der Waals surface area contributed by atoms with E-state index in [4.69, 9.17) is 0 Å². The van der Waals surface area contributed by atoms with Crippen LogP contribution >= 0.6 is 11.3 Å². The number of hydrogen-bond donors (Lipinski definition) is 1. The highest BCUT2D eigenvalue weighted by molar-refractivity contribution is 7.09. The zero-order chi connectivity index (χ0) is 11.8. The number of nitrogens with zero attached hydrogens (tertiary/aromatic N) is 1. The van der Waals surface area contributed by atoms with E-state index in [1.807, 2.05) is 0 Å². The van der Waals surface area contributed by atoms with Crippen LogP contribution in [0, 0.1) is 12.3 Å². The second-order valence-electron chi connectivity index (χ2n) is 5.82. The maximum Gasteiger partial charge on any atom is 0.110 e. The summed E-state index contributed by atoms with van der Waals surface area (Å²) in [6.45, 7) is 9.02. The van der Waals surface area contributed by atoms with Crippen molar-refractivity contribution in [3.8, 4) is 0 Å². The van der Waals surface area contributed by atoms with Crippen LogP contribution in [0.1, 0.15) is 56.8 Å². The number of hydrogen-bond acceptors (Lipinski definition) is 3. The molecule has 1 saturated carbocycles. The van der Waals surface area contributed by atoms with Gasteiger partial charge in [-0.05, 0) is 38.5 Å². The van der Waals surface area contributed by atoms with Gasteiger partial charge in [0.15, 0.2) is 0 Å². The molecule has 90 valence electrons. The maximum atomic E-state index is 4.55. The molecular formula is C13H22N2S. The SMILES string of the molecule is Cc1csc(C(C)NC2CCC(C)(C)C2)n1. The van der Waals surface area contributed by atoms with Gasteiger partial charge in [-0.15, -0.1) is 11.3 Å². The van der Waals surface area contributed by atoms with Gasteiger partial charge in [0, 0.05) is 17.1 Å². The molecule has 1 aromatic heterocycles. The van der Waals surface area contributed by atoms with Crippen molar-refractivity contribution >= 4 is 11.3 Å². The molecule has 2 unspecified atom stereocenters. The van der Waals surface area contributed by atoms with Crippen LogP contribution < -0.4 is 5.32 Å². The molecular weight excluding hydrogens is 216 g/mol. The highest BCUT2D eigenvalue weighted by Crippen LogP contribution is 2.37. The molecule has 0 saturated heterocycles. The molecule has 1 N–H and O–H groups in total. The van der Waals surface area contributed by atoms with Gasteiger partial charge < -0.3 is 5.32 Å². The van der Waals surface area contributed by atoms with Gasteiger partial charge in [-0.2, -0.15) is 0 Å². The third-order valence-corrected chi connectivity index (χ3v) is 4.61. The normalized spacial score (nSPS) is 25.9. The molecule has 0 aromatic carbocycles. The average Bonchev–Trinajstić information content (AvgIpc) is 2.73. The molecule has 0 aliphatic heterocycles. The second-order valence-corrected chi connectivity index (χ2v) is 6.71. The van der Waals surface area contributed by atoms with Crippen LogP contribution in [0.2, 0.25) is 0 Å². The minimum atomic E-state index is 0.401. The summed E-state index contributed by atoms with van der Waals surface area (Å²) in [5.74, 6) is 0. The van der Waals surface area contributed by atoms with E-state index in [9.17, 15) is 0 Å². The lowest BCUT2D eigenvalue weighted by atomic mass is 9.92. The first kappa shape index (κ1) is 12.1. The van der Waals surface area contributed by atoms with Crippen molar-refractivity contribution in [3.63, 3.8) is 0 Å². The van der Waals surface area contributed by atoms with Gasteiger partial charge in [0.05, 0.1) is 6.04 Å². The number of nitrogens with one attached hydrogen (secondary N) is 1. The molecule has 2 atom stereocenters. The molecule has 1 aliphatic rings. The van der Waals surface area contributed by atoms with E-state index in [1.165, 1.54) is 24.3 Å². The first-order valence-electron chi connectivity index (χ1n) is 6.14. The number of aryl methyl sites for hydroxylation is 1. The lowest BCUT2D eigenvalue weighted by molar-refractivity contribution is 0.356. The molecule has 2 rings (SSSR count). The van der Waals surface area contributed by atoms with Gasteiger partial charge in [0.1, 0.15) is 5.01 Å². The second kappa shape index (κ2) is 4.46. The number of thiazole rings is 1. The topological polar surface area (TPSA) is 24.9 Å². The molecule has 0 spiro atoms. The van der Waals surface area contributed by atoms with Crippen molar-refractivity contribution < 1.29 is 0 Å². The van der Waals surface area contributed by atoms with Gasteiger partial charge in [-0.1, -0.05) is 13.8 Å².